The van der Waals surface area contributed by atoms with Gasteiger partial charge in [0.05, 0.1) is 13.7 Å². The molecule has 0 unspecified atom stereocenters. The van der Waals surface area contributed by atoms with Gasteiger partial charge in [0.2, 0.25) is 0 Å². The van der Waals surface area contributed by atoms with Gasteiger partial charge < -0.3 is 10.1 Å². The number of ether oxygens (including phenoxy) is 1. The van der Waals surface area contributed by atoms with E-state index in [1.807, 2.05) is 24.3 Å². The lowest BCUT2D eigenvalue weighted by atomic mass is 10.2. The average Bonchev–Trinajstić information content (AvgIpc) is 2.90. The first-order valence-electron chi connectivity index (χ1n) is 5.29. The largest absolute Gasteiger partial charge is 0.497 e. The van der Waals surface area contributed by atoms with Crippen molar-refractivity contribution in [3.63, 3.8) is 0 Å². The number of carbonyl (C=O) groups is 1. The van der Waals surface area contributed by atoms with Gasteiger partial charge in [-0.15, -0.1) is 0 Å². The van der Waals surface area contributed by atoms with Crippen LogP contribution in [0.4, 0.5) is 4.79 Å². The summed E-state index contributed by atoms with van der Waals surface area (Å²) in [6.45, 7) is 0.895. The van der Waals surface area contributed by atoms with Crippen LogP contribution in [-0.2, 0) is 11.4 Å². The molecule has 17 heavy (non-hydrogen) atoms. The summed E-state index contributed by atoms with van der Waals surface area (Å²) in [5, 5.41) is 3.93. The zero-order valence-corrected chi connectivity index (χ0v) is 9.55. The van der Waals surface area contributed by atoms with Crippen molar-refractivity contribution in [3.05, 3.63) is 42.1 Å². The monoisotopic (exact) mass is 234 g/mol. The Bertz CT molecular complexity index is 414. The van der Waals surface area contributed by atoms with Gasteiger partial charge in [-0.05, 0) is 23.8 Å². The van der Waals surface area contributed by atoms with Crippen LogP contribution in [0.3, 0.4) is 0 Å². The SMILES string of the molecule is COc1ccc(CNC(=O)N2C=CCO2)cc1. The molecule has 0 saturated heterocycles. The second kappa shape index (κ2) is 5.36. The normalized spacial score (nSPS) is 13.8. The van der Waals surface area contributed by atoms with Gasteiger partial charge in [0, 0.05) is 12.7 Å². The molecule has 5 nitrogen and oxygen atoms in total. The molecular formula is C12H14N2O3. The van der Waals surface area contributed by atoms with Crippen LogP contribution in [0, 0.1) is 0 Å². The summed E-state index contributed by atoms with van der Waals surface area (Å²) < 4.78 is 5.05. The Morgan fingerprint density at radius 3 is 2.82 bits per heavy atom. The maximum atomic E-state index is 11.6. The van der Waals surface area contributed by atoms with Crippen molar-refractivity contribution in [3.8, 4) is 5.75 Å². The number of amides is 2. The van der Waals surface area contributed by atoms with Crippen molar-refractivity contribution in [2.75, 3.05) is 13.7 Å². The van der Waals surface area contributed by atoms with E-state index in [1.165, 1.54) is 5.06 Å². The molecule has 0 saturated carbocycles. The Kier molecular flexibility index (Phi) is 3.62. The number of hydroxylamine groups is 2. The molecule has 0 bridgehead atoms. The third kappa shape index (κ3) is 2.98. The van der Waals surface area contributed by atoms with Crippen LogP contribution in [0.25, 0.3) is 0 Å². The summed E-state index contributed by atoms with van der Waals surface area (Å²) in [6.07, 6.45) is 3.37. The predicted molar refractivity (Wildman–Crippen MR) is 62.2 cm³/mol. The molecule has 0 fully saturated rings. The molecule has 1 aromatic carbocycles. The van der Waals surface area contributed by atoms with Crippen molar-refractivity contribution in [2.45, 2.75) is 6.54 Å². The molecule has 1 N–H and O–H groups in total. The van der Waals surface area contributed by atoms with Crippen LogP contribution in [0.15, 0.2) is 36.5 Å². The smallest absolute Gasteiger partial charge is 0.345 e. The van der Waals surface area contributed by atoms with Crippen molar-refractivity contribution in [1.82, 2.24) is 10.4 Å². The van der Waals surface area contributed by atoms with E-state index in [1.54, 1.807) is 19.4 Å². The molecule has 0 aromatic heterocycles. The summed E-state index contributed by atoms with van der Waals surface area (Å²) in [5.74, 6) is 0.797. The molecular weight excluding hydrogens is 220 g/mol. The number of benzene rings is 1. The van der Waals surface area contributed by atoms with Crippen LogP contribution < -0.4 is 10.1 Å². The molecule has 1 aliphatic heterocycles. The molecule has 2 rings (SSSR count). The number of carbonyl (C=O) groups excluding carboxylic acids is 1. The average molecular weight is 234 g/mol. The summed E-state index contributed by atoms with van der Waals surface area (Å²) in [5.41, 5.74) is 1.00. The number of rotatable bonds is 3. The second-order valence-electron chi connectivity index (χ2n) is 3.51. The van der Waals surface area contributed by atoms with Crippen LogP contribution in [0.2, 0.25) is 0 Å². The first-order chi connectivity index (χ1) is 8.29. The highest BCUT2D eigenvalue weighted by Crippen LogP contribution is 2.11. The number of nitrogens with one attached hydrogen (secondary N) is 1. The number of hydrogen-bond donors (Lipinski definition) is 1. The number of urea groups is 1. The fraction of sp³-hybridized carbons (Fsp3) is 0.250. The first kappa shape index (κ1) is 11.5. The Morgan fingerprint density at radius 1 is 1.47 bits per heavy atom. The number of methoxy groups -OCH3 is 1. The molecule has 2 amide bonds. The summed E-state index contributed by atoms with van der Waals surface area (Å²) in [7, 11) is 1.62. The van der Waals surface area contributed by atoms with Crippen LogP contribution >= 0.6 is 0 Å². The van der Waals surface area contributed by atoms with Crippen molar-refractivity contribution in [1.29, 1.82) is 0 Å². The second-order valence-corrected chi connectivity index (χ2v) is 3.51. The maximum absolute atomic E-state index is 11.6. The molecule has 0 aliphatic carbocycles. The molecule has 0 atom stereocenters. The molecule has 5 heteroatoms. The first-order valence-corrected chi connectivity index (χ1v) is 5.29. The van der Waals surface area contributed by atoms with E-state index in [4.69, 9.17) is 9.57 Å². The van der Waals surface area contributed by atoms with E-state index >= 15 is 0 Å². The standard InChI is InChI=1S/C12H14N2O3/c1-16-11-5-3-10(4-6-11)9-13-12(15)14-7-2-8-17-14/h2-7H,8-9H2,1H3,(H,13,15). The highest BCUT2D eigenvalue weighted by molar-refractivity contribution is 5.74. The topological polar surface area (TPSA) is 50.8 Å². The minimum absolute atomic E-state index is 0.269. The lowest BCUT2D eigenvalue weighted by molar-refractivity contribution is -0.0488. The molecule has 0 radical (unpaired) electrons. The van der Waals surface area contributed by atoms with Crippen LogP contribution in [-0.4, -0.2) is 24.8 Å². The van der Waals surface area contributed by atoms with Gasteiger partial charge in [0.1, 0.15) is 5.75 Å². The van der Waals surface area contributed by atoms with E-state index in [2.05, 4.69) is 5.32 Å². The minimum atomic E-state index is -0.269. The minimum Gasteiger partial charge on any atom is -0.497 e. The van der Waals surface area contributed by atoms with Crippen molar-refractivity contribution in [2.24, 2.45) is 0 Å². The molecule has 90 valence electrons. The summed E-state index contributed by atoms with van der Waals surface area (Å²) in [4.78, 5) is 16.6. The summed E-state index contributed by atoms with van der Waals surface area (Å²) in [6, 6.07) is 7.25. The Labute approximate surface area is 99.6 Å². The van der Waals surface area contributed by atoms with Crippen molar-refractivity contribution >= 4 is 6.03 Å². The van der Waals surface area contributed by atoms with Crippen molar-refractivity contribution < 1.29 is 14.4 Å². The van der Waals surface area contributed by atoms with Crippen LogP contribution in [0.1, 0.15) is 5.56 Å². The Balaban J connectivity index is 1.84. The Hall–Kier alpha value is -2.01. The maximum Gasteiger partial charge on any atom is 0.345 e. The van der Waals surface area contributed by atoms with E-state index < -0.39 is 0 Å². The zero-order valence-electron chi connectivity index (χ0n) is 9.55. The van der Waals surface area contributed by atoms with E-state index in [9.17, 15) is 4.79 Å². The van der Waals surface area contributed by atoms with Gasteiger partial charge in [0.25, 0.3) is 0 Å². The van der Waals surface area contributed by atoms with Gasteiger partial charge in [-0.2, -0.15) is 5.06 Å². The molecule has 1 heterocycles. The lowest BCUT2D eigenvalue weighted by Crippen LogP contribution is -2.34. The number of nitrogens with zero attached hydrogens (tertiary/aromatic N) is 1. The highest BCUT2D eigenvalue weighted by atomic mass is 16.7. The zero-order chi connectivity index (χ0) is 12.1. The quantitative estimate of drug-likeness (QED) is 0.865. The van der Waals surface area contributed by atoms with Gasteiger partial charge in [-0.1, -0.05) is 12.1 Å². The molecule has 0 spiro atoms. The number of hydrogen-bond acceptors (Lipinski definition) is 3. The predicted octanol–water partition coefficient (Wildman–Crippen LogP) is 1.67. The highest BCUT2D eigenvalue weighted by Gasteiger charge is 2.13. The third-order valence-electron chi connectivity index (χ3n) is 2.35. The van der Waals surface area contributed by atoms with E-state index in [0.29, 0.717) is 13.2 Å². The fourth-order valence-electron chi connectivity index (χ4n) is 1.43. The van der Waals surface area contributed by atoms with E-state index in [-0.39, 0.29) is 6.03 Å². The Morgan fingerprint density at radius 2 is 2.24 bits per heavy atom. The van der Waals surface area contributed by atoms with Crippen LogP contribution in [0.5, 0.6) is 5.75 Å². The summed E-state index contributed by atoms with van der Waals surface area (Å²) >= 11 is 0. The van der Waals surface area contributed by atoms with Gasteiger partial charge in [-0.25, -0.2) is 4.79 Å². The third-order valence-corrected chi connectivity index (χ3v) is 2.35. The fourth-order valence-corrected chi connectivity index (χ4v) is 1.43. The molecule has 1 aromatic rings. The lowest BCUT2D eigenvalue weighted by Gasteiger charge is -2.13. The van der Waals surface area contributed by atoms with Gasteiger partial charge in [-0.3, -0.25) is 4.84 Å². The van der Waals surface area contributed by atoms with E-state index in [0.717, 1.165) is 11.3 Å². The molecule has 1 aliphatic rings. The van der Waals surface area contributed by atoms with Gasteiger partial charge >= 0.3 is 6.03 Å². The van der Waals surface area contributed by atoms with Gasteiger partial charge in [0.15, 0.2) is 0 Å².